The molecular weight excluding hydrogens is 207 g/mol. The van der Waals surface area contributed by atoms with Crippen molar-refractivity contribution in [3.05, 3.63) is 0 Å². The van der Waals surface area contributed by atoms with E-state index in [9.17, 15) is 13.2 Å². The van der Waals surface area contributed by atoms with E-state index < -0.39 is 12.6 Å². The number of hydrogen-bond donors (Lipinski definition) is 1. The molecule has 0 aromatic rings. The Kier molecular flexibility index (Phi) is 4.86. The first-order valence-corrected chi connectivity index (χ1v) is 5.34. The van der Waals surface area contributed by atoms with Gasteiger partial charge in [0.1, 0.15) is 0 Å². The topological polar surface area (TPSA) is 21.3 Å². The molecule has 2 nitrogen and oxygen atoms in total. The Labute approximate surface area is 88.2 Å². The summed E-state index contributed by atoms with van der Waals surface area (Å²) in [6, 6.07) is 0.162. The molecule has 0 radical (unpaired) electrons. The van der Waals surface area contributed by atoms with Crippen LogP contribution in [0.25, 0.3) is 0 Å². The summed E-state index contributed by atoms with van der Waals surface area (Å²) in [5, 5.41) is 3.08. The predicted molar refractivity (Wildman–Crippen MR) is 51.7 cm³/mol. The van der Waals surface area contributed by atoms with Crippen molar-refractivity contribution < 1.29 is 17.9 Å². The van der Waals surface area contributed by atoms with Gasteiger partial charge in [0, 0.05) is 19.1 Å². The van der Waals surface area contributed by atoms with Crippen molar-refractivity contribution in [3.63, 3.8) is 0 Å². The first-order valence-electron chi connectivity index (χ1n) is 5.34. The van der Waals surface area contributed by atoms with E-state index in [2.05, 4.69) is 5.32 Å². The summed E-state index contributed by atoms with van der Waals surface area (Å²) in [5.41, 5.74) is 0. The van der Waals surface area contributed by atoms with Crippen LogP contribution in [-0.2, 0) is 4.74 Å². The van der Waals surface area contributed by atoms with Crippen LogP contribution < -0.4 is 5.32 Å². The molecule has 2 unspecified atom stereocenters. The summed E-state index contributed by atoms with van der Waals surface area (Å²) >= 11 is 0. The molecule has 1 rings (SSSR count). The number of nitrogens with one attached hydrogen (secondary N) is 1. The summed E-state index contributed by atoms with van der Waals surface area (Å²) in [5.74, 6) is 0.378. The van der Waals surface area contributed by atoms with Crippen LogP contribution >= 0.6 is 0 Å². The Hall–Kier alpha value is -0.290. The molecule has 0 aromatic carbocycles. The van der Waals surface area contributed by atoms with Gasteiger partial charge < -0.3 is 10.1 Å². The lowest BCUT2D eigenvalue weighted by Crippen LogP contribution is -2.34. The van der Waals surface area contributed by atoms with Gasteiger partial charge in [0.25, 0.3) is 0 Å². The van der Waals surface area contributed by atoms with E-state index in [4.69, 9.17) is 4.74 Å². The Bertz CT molecular complexity index is 178. The van der Waals surface area contributed by atoms with Crippen molar-refractivity contribution in [2.24, 2.45) is 5.92 Å². The number of halogens is 3. The average molecular weight is 225 g/mol. The molecule has 0 bridgehead atoms. The highest BCUT2D eigenvalue weighted by molar-refractivity contribution is 4.78. The fourth-order valence-corrected chi connectivity index (χ4v) is 2.01. The third-order valence-corrected chi connectivity index (χ3v) is 2.88. The van der Waals surface area contributed by atoms with Crippen LogP contribution in [0.1, 0.15) is 25.7 Å². The summed E-state index contributed by atoms with van der Waals surface area (Å²) in [6.45, 7) is 1.42. The van der Waals surface area contributed by atoms with Crippen molar-refractivity contribution in [1.29, 1.82) is 0 Å². The second kappa shape index (κ2) is 5.70. The zero-order chi connectivity index (χ0) is 11.3. The van der Waals surface area contributed by atoms with Crippen molar-refractivity contribution in [3.8, 4) is 0 Å². The normalized spacial score (nSPS) is 24.4. The maximum atomic E-state index is 11.9. The molecule has 1 N–H and O–H groups in total. The minimum Gasteiger partial charge on any atom is -0.381 e. The lowest BCUT2D eigenvalue weighted by molar-refractivity contribution is -0.136. The highest BCUT2D eigenvalue weighted by Crippen LogP contribution is 2.25. The second-order valence-corrected chi connectivity index (χ2v) is 4.03. The molecule has 1 heterocycles. The van der Waals surface area contributed by atoms with Crippen LogP contribution in [0.4, 0.5) is 13.2 Å². The molecular formula is C10H18F3NO. The molecule has 5 heteroatoms. The van der Waals surface area contributed by atoms with Crippen LogP contribution in [-0.4, -0.2) is 32.5 Å². The van der Waals surface area contributed by atoms with Gasteiger partial charge >= 0.3 is 6.18 Å². The van der Waals surface area contributed by atoms with E-state index in [1.54, 1.807) is 7.05 Å². The minimum atomic E-state index is -4.02. The van der Waals surface area contributed by atoms with Crippen molar-refractivity contribution in [2.75, 3.05) is 20.3 Å². The van der Waals surface area contributed by atoms with Crippen LogP contribution in [0.15, 0.2) is 0 Å². The molecule has 1 saturated heterocycles. The van der Waals surface area contributed by atoms with Crippen LogP contribution in [0, 0.1) is 5.92 Å². The summed E-state index contributed by atoms with van der Waals surface area (Å²) < 4.78 is 41.1. The largest absolute Gasteiger partial charge is 0.389 e. The molecule has 2 atom stereocenters. The first-order chi connectivity index (χ1) is 7.03. The molecule has 1 aliphatic heterocycles. The standard InChI is InChI=1S/C10H18F3NO/c1-14-9(8-4-6-15-7-8)3-2-5-10(11,12)13/h8-9,14H,2-7H2,1H3. The number of rotatable bonds is 5. The van der Waals surface area contributed by atoms with Crippen molar-refractivity contribution in [2.45, 2.75) is 37.9 Å². The van der Waals surface area contributed by atoms with Crippen LogP contribution in [0.5, 0.6) is 0 Å². The van der Waals surface area contributed by atoms with Crippen LogP contribution in [0.3, 0.4) is 0 Å². The number of hydrogen-bond acceptors (Lipinski definition) is 2. The molecule has 0 amide bonds. The fourth-order valence-electron chi connectivity index (χ4n) is 2.01. The van der Waals surface area contributed by atoms with Gasteiger partial charge in [-0.2, -0.15) is 13.2 Å². The quantitative estimate of drug-likeness (QED) is 0.775. The fraction of sp³-hybridized carbons (Fsp3) is 1.00. The van der Waals surface area contributed by atoms with Gasteiger partial charge in [-0.3, -0.25) is 0 Å². The van der Waals surface area contributed by atoms with Gasteiger partial charge in [0.2, 0.25) is 0 Å². The lowest BCUT2D eigenvalue weighted by Gasteiger charge is -2.21. The SMILES string of the molecule is CNC(CCCC(F)(F)F)C1CCOC1. The van der Waals surface area contributed by atoms with Gasteiger partial charge in [-0.15, -0.1) is 0 Å². The Morgan fingerprint density at radius 2 is 2.20 bits per heavy atom. The highest BCUT2D eigenvalue weighted by Gasteiger charge is 2.29. The Morgan fingerprint density at radius 1 is 1.47 bits per heavy atom. The minimum absolute atomic E-state index is 0.162. The summed E-state index contributed by atoms with van der Waals surface area (Å²) in [7, 11) is 1.80. The predicted octanol–water partition coefficient (Wildman–Crippen LogP) is 2.34. The van der Waals surface area contributed by atoms with E-state index in [0.29, 0.717) is 18.9 Å². The Morgan fingerprint density at radius 3 is 2.67 bits per heavy atom. The molecule has 90 valence electrons. The average Bonchev–Trinajstić information content (AvgIpc) is 2.63. The molecule has 0 saturated carbocycles. The van der Waals surface area contributed by atoms with Gasteiger partial charge in [-0.1, -0.05) is 0 Å². The highest BCUT2D eigenvalue weighted by atomic mass is 19.4. The number of alkyl halides is 3. The lowest BCUT2D eigenvalue weighted by atomic mass is 9.94. The van der Waals surface area contributed by atoms with Gasteiger partial charge in [0.15, 0.2) is 0 Å². The third kappa shape index (κ3) is 4.84. The zero-order valence-electron chi connectivity index (χ0n) is 8.94. The molecule has 0 aromatic heterocycles. The number of ether oxygens (including phenoxy) is 1. The van der Waals surface area contributed by atoms with E-state index in [0.717, 1.165) is 13.0 Å². The molecule has 1 fully saturated rings. The smallest absolute Gasteiger partial charge is 0.381 e. The van der Waals surface area contributed by atoms with Gasteiger partial charge in [-0.25, -0.2) is 0 Å². The van der Waals surface area contributed by atoms with E-state index in [1.807, 2.05) is 0 Å². The molecule has 0 aliphatic carbocycles. The Balaban J connectivity index is 2.21. The summed E-state index contributed by atoms with van der Waals surface area (Å²) in [4.78, 5) is 0. The van der Waals surface area contributed by atoms with E-state index in [1.165, 1.54) is 0 Å². The molecule has 0 spiro atoms. The molecule has 1 aliphatic rings. The molecule has 15 heavy (non-hydrogen) atoms. The van der Waals surface area contributed by atoms with Gasteiger partial charge in [-0.05, 0) is 32.2 Å². The first kappa shape index (κ1) is 12.8. The second-order valence-electron chi connectivity index (χ2n) is 4.03. The van der Waals surface area contributed by atoms with Crippen molar-refractivity contribution >= 4 is 0 Å². The maximum absolute atomic E-state index is 11.9. The zero-order valence-corrected chi connectivity index (χ0v) is 8.94. The van der Waals surface area contributed by atoms with Crippen molar-refractivity contribution in [1.82, 2.24) is 5.32 Å². The summed E-state index contributed by atoms with van der Waals surface area (Å²) in [6.07, 6.45) is -2.98. The third-order valence-electron chi connectivity index (χ3n) is 2.88. The van der Waals surface area contributed by atoms with E-state index >= 15 is 0 Å². The monoisotopic (exact) mass is 225 g/mol. The van der Waals surface area contributed by atoms with E-state index in [-0.39, 0.29) is 12.5 Å². The maximum Gasteiger partial charge on any atom is 0.389 e. The van der Waals surface area contributed by atoms with Gasteiger partial charge in [0.05, 0.1) is 6.61 Å². The van der Waals surface area contributed by atoms with Crippen LogP contribution in [0.2, 0.25) is 0 Å².